The van der Waals surface area contributed by atoms with Gasteiger partial charge < -0.3 is 4.57 Å². The van der Waals surface area contributed by atoms with Gasteiger partial charge in [-0.1, -0.05) is 60.3 Å². The first-order valence-electron chi connectivity index (χ1n) is 10.6. The molecule has 0 saturated heterocycles. The van der Waals surface area contributed by atoms with Crippen LogP contribution in [0, 0.1) is 0 Å². The lowest BCUT2D eigenvalue weighted by Crippen LogP contribution is -2.22. The number of thioether (sulfide) groups is 1. The largest absolute Gasteiger partial charge is 0.305 e. The Hall–Kier alpha value is -2.46. The molecule has 33 heavy (non-hydrogen) atoms. The van der Waals surface area contributed by atoms with E-state index in [1.165, 1.54) is 14.7 Å². The number of hydrogen-bond acceptors (Lipinski definition) is 6. The van der Waals surface area contributed by atoms with E-state index >= 15 is 0 Å². The Bertz CT molecular complexity index is 1280. The molecule has 0 aliphatic heterocycles. The summed E-state index contributed by atoms with van der Waals surface area (Å²) < 4.78 is 28.4. The maximum atomic E-state index is 12.5. The smallest absolute Gasteiger partial charge is 0.242 e. The van der Waals surface area contributed by atoms with Gasteiger partial charge in [0.05, 0.1) is 4.90 Å². The first kappa shape index (κ1) is 23.7. The van der Waals surface area contributed by atoms with Crippen molar-refractivity contribution < 1.29 is 8.42 Å². The fourth-order valence-electron chi connectivity index (χ4n) is 3.39. The molecule has 0 unspecified atom stereocenters. The van der Waals surface area contributed by atoms with Crippen molar-refractivity contribution in [2.75, 3.05) is 14.1 Å². The highest BCUT2D eigenvalue weighted by Gasteiger charge is 2.18. The summed E-state index contributed by atoms with van der Waals surface area (Å²) in [5.74, 6) is 1.55. The minimum atomic E-state index is -3.46. The molecule has 9 heteroatoms. The predicted octanol–water partition coefficient (Wildman–Crippen LogP) is 4.72. The molecule has 2 aromatic carbocycles. The van der Waals surface area contributed by atoms with Gasteiger partial charge in [-0.15, -0.1) is 21.5 Å². The minimum absolute atomic E-state index is 0.300. The van der Waals surface area contributed by atoms with Crippen LogP contribution in [0.1, 0.15) is 21.8 Å². The molecule has 0 amide bonds. The molecule has 0 spiro atoms. The maximum Gasteiger partial charge on any atom is 0.242 e. The fraction of sp³-hybridized carbons (Fsp3) is 0.250. The Morgan fingerprint density at radius 3 is 2.48 bits per heavy atom. The summed E-state index contributed by atoms with van der Waals surface area (Å²) in [4.78, 5) is 1.55. The quantitative estimate of drug-likeness (QED) is 0.296. The average molecular weight is 499 g/mol. The molecular formula is C24H26N4O2S3. The first-order valence-corrected chi connectivity index (χ1v) is 13.9. The lowest BCUT2D eigenvalue weighted by molar-refractivity contribution is 0.520. The van der Waals surface area contributed by atoms with Gasteiger partial charge in [0.1, 0.15) is 5.82 Å². The van der Waals surface area contributed by atoms with Crippen molar-refractivity contribution in [1.29, 1.82) is 0 Å². The van der Waals surface area contributed by atoms with Crippen molar-refractivity contribution in [3.05, 3.63) is 93.9 Å². The van der Waals surface area contributed by atoms with E-state index in [-0.39, 0.29) is 0 Å². The van der Waals surface area contributed by atoms with Crippen LogP contribution in [0.3, 0.4) is 0 Å². The van der Waals surface area contributed by atoms with Gasteiger partial charge in [0.15, 0.2) is 5.16 Å². The second-order valence-corrected chi connectivity index (χ2v) is 11.9. The van der Waals surface area contributed by atoms with Gasteiger partial charge in [-0.25, -0.2) is 12.7 Å². The van der Waals surface area contributed by atoms with Crippen molar-refractivity contribution in [1.82, 2.24) is 19.1 Å². The van der Waals surface area contributed by atoms with Crippen LogP contribution in [0.2, 0.25) is 0 Å². The molecule has 172 valence electrons. The Balaban J connectivity index is 1.54. The highest BCUT2D eigenvalue weighted by Crippen LogP contribution is 2.26. The number of hydrogen-bond donors (Lipinski definition) is 0. The van der Waals surface area contributed by atoms with Crippen LogP contribution in [0.5, 0.6) is 0 Å². The zero-order valence-corrected chi connectivity index (χ0v) is 21.0. The third kappa shape index (κ3) is 5.92. The molecule has 0 atom stereocenters. The van der Waals surface area contributed by atoms with Crippen molar-refractivity contribution >= 4 is 33.1 Å². The van der Waals surface area contributed by atoms with E-state index in [0.29, 0.717) is 10.6 Å². The predicted molar refractivity (Wildman–Crippen MR) is 134 cm³/mol. The standard InChI is InChI=1S/C24H26N4O2S3/c1-27(2)33(29,30)22-12-6-10-20(16-22)18-32-24-26-25-23(17-21-11-7-15-31-21)28(24)14-13-19-8-4-3-5-9-19/h3-12,15-16H,13-14,17-18H2,1-2H3. The van der Waals surface area contributed by atoms with E-state index < -0.39 is 10.0 Å². The molecule has 0 aliphatic carbocycles. The molecule has 0 N–H and O–H groups in total. The summed E-state index contributed by atoms with van der Waals surface area (Å²) in [7, 11) is -0.377. The van der Waals surface area contributed by atoms with E-state index in [1.54, 1.807) is 55.4 Å². The van der Waals surface area contributed by atoms with Gasteiger partial charge in [0, 0.05) is 37.7 Å². The second-order valence-electron chi connectivity index (χ2n) is 7.77. The van der Waals surface area contributed by atoms with Crippen LogP contribution >= 0.6 is 23.1 Å². The molecule has 0 aliphatic rings. The van der Waals surface area contributed by atoms with Crippen LogP contribution in [-0.4, -0.2) is 41.6 Å². The van der Waals surface area contributed by atoms with Crippen molar-refractivity contribution in [3.63, 3.8) is 0 Å². The molecule has 4 aromatic rings. The van der Waals surface area contributed by atoms with Crippen molar-refractivity contribution in [2.45, 2.75) is 35.2 Å². The third-order valence-corrected chi connectivity index (χ3v) is 8.94. The SMILES string of the molecule is CN(C)S(=O)(=O)c1cccc(CSc2nnc(Cc3cccs3)n2CCc2ccccc2)c1. The molecule has 0 saturated carbocycles. The summed E-state index contributed by atoms with van der Waals surface area (Å²) in [6, 6.07) is 21.7. The maximum absolute atomic E-state index is 12.5. The normalized spacial score (nSPS) is 11.8. The van der Waals surface area contributed by atoms with Gasteiger partial charge in [0.2, 0.25) is 10.0 Å². The summed E-state index contributed by atoms with van der Waals surface area (Å²) in [6.07, 6.45) is 1.64. The molecule has 2 aromatic heterocycles. The van der Waals surface area contributed by atoms with E-state index in [4.69, 9.17) is 0 Å². The average Bonchev–Trinajstić information content (AvgIpc) is 3.47. The van der Waals surface area contributed by atoms with Crippen LogP contribution < -0.4 is 0 Å². The molecule has 0 radical (unpaired) electrons. The van der Waals surface area contributed by atoms with Gasteiger partial charge in [-0.2, -0.15) is 0 Å². The van der Waals surface area contributed by atoms with Gasteiger partial charge in [0.25, 0.3) is 0 Å². The van der Waals surface area contributed by atoms with Crippen LogP contribution in [-0.2, 0) is 35.2 Å². The number of aromatic nitrogens is 3. The Kier molecular flexibility index (Phi) is 7.64. The van der Waals surface area contributed by atoms with Gasteiger partial charge >= 0.3 is 0 Å². The fourth-order valence-corrected chi connectivity index (χ4v) is 5.99. The molecule has 6 nitrogen and oxygen atoms in total. The molecule has 0 bridgehead atoms. The van der Waals surface area contributed by atoms with Gasteiger partial charge in [-0.05, 0) is 41.1 Å². The van der Waals surface area contributed by atoms with Gasteiger partial charge in [-0.3, -0.25) is 0 Å². The zero-order valence-electron chi connectivity index (χ0n) is 18.6. The number of thiophene rings is 1. The number of benzene rings is 2. The highest BCUT2D eigenvalue weighted by atomic mass is 32.2. The summed E-state index contributed by atoms with van der Waals surface area (Å²) in [6.45, 7) is 0.787. The van der Waals surface area contributed by atoms with E-state index in [2.05, 4.69) is 56.5 Å². The van der Waals surface area contributed by atoms with Crippen molar-refractivity contribution in [3.8, 4) is 0 Å². The first-order chi connectivity index (χ1) is 15.9. The number of rotatable bonds is 10. The Morgan fingerprint density at radius 2 is 1.76 bits per heavy atom. The van der Waals surface area contributed by atoms with E-state index in [0.717, 1.165) is 35.9 Å². The third-order valence-electron chi connectivity index (χ3n) is 5.22. The monoisotopic (exact) mass is 498 g/mol. The molecule has 0 fully saturated rings. The van der Waals surface area contributed by atoms with E-state index in [1.807, 2.05) is 12.1 Å². The summed E-state index contributed by atoms with van der Waals surface area (Å²) in [5.41, 5.74) is 2.20. The number of aryl methyl sites for hydroxylation is 1. The number of sulfonamides is 1. The highest BCUT2D eigenvalue weighted by molar-refractivity contribution is 7.98. The lowest BCUT2D eigenvalue weighted by atomic mass is 10.1. The van der Waals surface area contributed by atoms with Crippen LogP contribution in [0.25, 0.3) is 0 Å². The second kappa shape index (κ2) is 10.6. The molecule has 2 heterocycles. The topological polar surface area (TPSA) is 68.1 Å². The lowest BCUT2D eigenvalue weighted by Gasteiger charge is -2.13. The summed E-state index contributed by atoms with van der Waals surface area (Å²) in [5, 5.41) is 11.9. The van der Waals surface area contributed by atoms with E-state index in [9.17, 15) is 8.42 Å². The zero-order chi connectivity index (χ0) is 23.3. The van der Waals surface area contributed by atoms with Crippen LogP contribution in [0.4, 0.5) is 0 Å². The minimum Gasteiger partial charge on any atom is -0.305 e. The molecular weight excluding hydrogens is 472 g/mol. The Morgan fingerprint density at radius 1 is 0.970 bits per heavy atom. The molecule has 4 rings (SSSR count). The number of nitrogens with zero attached hydrogens (tertiary/aromatic N) is 4. The summed E-state index contributed by atoms with van der Waals surface area (Å²) >= 11 is 3.30. The van der Waals surface area contributed by atoms with Crippen LogP contribution in [0.15, 0.2) is 82.2 Å². The Labute approximate surface area is 203 Å². The van der Waals surface area contributed by atoms with Crippen molar-refractivity contribution in [2.24, 2.45) is 0 Å².